The Morgan fingerprint density at radius 2 is 1.76 bits per heavy atom. The van der Waals surface area contributed by atoms with Gasteiger partial charge in [-0.05, 0) is 54.2 Å². The minimum Gasteiger partial charge on any atom is -0.352 e. The maximum Gasteiger partial charge on any atom is 0.244 e. The van der Waals surface area contributed by atoms with Crippen LogP contribution in [-0.4, -0.2) is 48.4 Å². The van der Waals surface area contributed by atoms with Gasteiger partial charge in [0.05, 0.1) is 5.41 Å². The molecule has 0 bridgehead atoms. The molecule has 1 aromatic heterocycles. The number of carbonyl (C=O) groups excluding carboxylic acids is 3. The van der Waals surface area contributed by atoms with Crippen LogP contribution < -0.4 is 10.6 Å². The monoisotopic (exact) mass is 570 g/mol. The second kappa shape index (κ2) is 11.3. The molecule has 220 valence electrons. The Bertz CT molecular complexity index is 1540. The summed E-state index contributed by atoms with van der Waals surface area (Å²) in [4.78, 5) is 46.0. The molecule has 2 aliphatic rings. The smallest absolute Gasteiger partial charge is 0.244 e. The Kier molecular flexibility index (Phi) is 7.92. The third kappa shape index (κ3) is 5.42. The molecule has 0 saturated carbocycles. The number of rotatable bonds is 8. The van der Waals surface area contributed by atoms with Crippen molar-refractivity contribution in [1.82, 2.24) is 9.88 Å². The number of pyridine rings is 1. The molecule has 3 aromatic rings. The van der Waals surface area contributed by atoms with Gasteiger partial charge >= 0.3 is 0 Å². The molecule has 2 heterocycles. The van der Waals surface area contributed by atoms with Gasteiger partial charge in [-0.15, -0.1) is 0 Å². The standard InChI is InChI=1S/C33H38N4O5/c1-20-14-22-16-33(25-12-9-13-34-28(25)36-30(33)39)17-23(22)15-26(20)35-27(38)19-37(31(40)32(2,3)4)18-21-10-7-8-11-24(21)29(41-5)42-6/h7-15,29H,16-19H2,1-6H3,(H,35,38)(H,34,36,39). The van der Waals surface area contributed by atoms with Crippen molar-refractivity contribution in [1.29, 1.82) is 0 Å². The fourth-order valence-electron chi connectivity index (χ4n) is 6.08. The van der Waals surface area contributed by atoms with Gasteiger partial charge in [0.25, 0.3) is 0 Å². The van der Waals surface area contributed by atoms with Crippen molar-refractivity contribution >= 4 is 29.2 Å². The topological polar surface area (TPSA) is 110 Å². The fourth-order valence-corrected chi connectivity index (χ4v) is 6.08. The molecule has 1 aliphatic carbocycles. The summed E-state index contributed by atoms with van der Waals surface area (Å²) in [5, 5.41) is 5.97. The lowest BCUT2D eigenvalue weighted by Gasteiger charge is -2.30. The Hall–Kier alpha value is -4.08. The lowest BCUT2D eigenvalue weighted by atomic mass is 9.79. The van der Waals surface area contributed by atoms with E-state index in [1.54, 1.807) is 25.3 Å². The van der Waals surface area contributed by atoms with E-state index in [1.807, 2.05) is 76.2 Å². The predicted octanol–water partition coefficient (Wildman–Crippen LogP) is 4.68. The van der Waals surface area contributed by atoms with Gasteiger partial charge in [-0.2, -0.15) is 0 Å². The fraction of sp³-hybridized carbons (Fsp3) is 0.394. The number of aromatic nitrogens is 1. The minimum atomic E-state index is -0.693. The third-order valence-electron chi connectivity index (χ3n) is 8.16. The molecular weight excluding hydrogens is 532 g/mol. The van der Waals surface area contributed by atoms with Gasteiger partial charge in [0.2, 0.25) is 17.7 Å². The maximum absolute atomic E-state index is 13.5. The van der Waals surface area contributed by atoms with E-state index in [-0.39, 0.29) is 30.8 Å². The Morgan fingerprint density at radius 1 is 1.07 bits per heavy atom. The second-order valence-corrected chi connectivity index (χ2v) is 12.2. The van der Waals surface area contributed by atoms with Crippen LogP contribution in [0, 0.1) is 12.3 Å². The average Bonchev–Trinajstić information content (AvgIpc) is 3.45. The average molecular weight is 571 g/mol. The van der Waals surface area contributed by atoms with Crippen molar-refractivity contribution in [3.8, 4) is 0 Å². The quantitative estimate of drug-likeness (QED) is 0.381. The molecule has 9 heteroatoms. The third-order valence-corrected chi connectivity index (χ3v) is 8.16. The lowest BCUT2D eigenvalue weighted by molar-refractivity contribution is -0.142. The molecule has 42 heavy (non-hydrogen) atoms. The van der Waals surface area contributed by atoms with Crippen molar-refractivity contribution in [3.63, 3.8) is 0 Å². The Labute approximate surface area is 246 Å². The summed E-state index contributed by atoms with van der Waals surface area (Å²) in [5.41, 5.74) is 4.83. The van der Waals surface area contributed by atoms with Crippen molar-refractivity contribution < 1.29 is 23.9 Å². The highest BCUT2D eigenvalue weighted by molar-refractivity contribution is 6.06. The van der Waals surface area contributed by atoms with E-state index in [9.17, 15) is 14.4 Å². The van der Waals surface area contributed by atoms with Gasteiger partial charge < -0.3 is 25.0 Å². The first kappa shape index (κ1) is 29.4. The van der Waals surface area contributed by atoms with E-state index in [0.29, 0.717) is 24.3 Å². The molecule has 0 saturated heterocycles. The van der Waals surface area contributed by atoms with E-state index in [2.05, 4.69) is 15.6 Å². The van der Waals surface area contributed by atoms with Crippen molar-refractivity contribution in [2.75, 3.05) is 31.4 Å². The zero-order chi connectivity index (χ0) is 30.2. The first-order valence-electron chi connectivity index (χ1n) is 14.1. The summed E-state index contributed by atoms with van der Waals surface area (Å²) in [5.74, 6) is 0.125. The van der Waals surface area contributed by atoms with Crippen LogP contribution in [0.5, 0.6) is 0 Å². The summed E-state index contributed by atoms with van der Waals surface area (Å²) in [6.45, 7) is 7.55. The van der Waals surface area contributed by atoms with E-state index >= 15 is 0 Å². The number of methoxy groups -OCH3 is 2. The number of hydrogen-bond donors (Lipinski definition) is 2. The van der Waals surface area contributed by atoms with Crippen LogP contribution in [0.3, 0.4) is 0 Å². The van der Waals surface area contributed by atoms with E-state index in [1.165, 1.54) is 0 Å². The number of ether oxygens (including phenoxy) is 2. The number of hydrogen-bond acceptors (Lipinski definition) is 6. The normalized spacial score (nSPS) is 17.3. The van der Waals surface area contributed by atoms with Gasteiger partial charge in [0, 0.05) is 49.2 Å². The molecule has 1 atom stereocenters. The van der Waals surface area contributed by atoms with Crippen LogP contribution in [0.4, 0.5) is 11.5 Å². The molecule has 2 aromatic carbocycles. The molecule has 5 rings (SSSR count). The highest BCUT2D eigenvalue weighted by atomic mass is 16.7. The van der Waals surface area contributed by atoms with Gasteiger partial charge in [-0.1, -0.05) is 57.2 Å². The second-order valence-electron chi connectivity index (χ2n) is 12.2. The van der Waals surface area contributed by atoms with E-state index in [4.69, 9.17) is 9.47 Å². The molecule has 9 nitrogen and oxygen atoms in total. The molecule has 3 amide bonds. The first-order valence-corrected chi connectivity index (χ1v) is 14.1. The number of carbonyl (C=O) groups is 3. The highest BCUT2D eigenvalue weighted by Gasteiger charge is 2.51. The lowest BCUT2D eigenvalue weighted by Crippen LogP contribution is -2.43. The van der Waals surface area contributed by atoms with Crippen molar-refractivity contribution in [3.05, 3.63) is 88.1 Å². The largest absolute Gasteiger partial charge is 0.352 e. The maximum atomic E-state index is 13.5. The van der Waals surface area contributed by atoms with Gasteiger partial charge in [-0.3, -0.25) is 14.4 Å². The summed E-state index contributed by atoms with van der Waals surface area (Å²) < 4.78 is 10.9. The molecule has 0 radical (unpaired) electrons. The molecule has 1 spiro atoms. The number of anilines is 2. The van der Waals surface area contributed by atoms with Crippen LogP contribution in [-0.2, 0) is 48.7 Å². The molecule has 2 N–H and O–H groups in total. The van der Waals surface area contributed by atoms with Crippen LogP contribution in [0.1, 0.15) is 60.4 Å². The molecule has 1 unspecified atom stereocenters. The molecule has 0 fully saturated rings. The van der Waals surface area contributed by atoms with Gasteiger partial charge in [0.15, 0.2) is 6.29 Å². The molecular formula is C33H38N4O5. The highest BCUT2D eigenvalue weighted by Crippen LogP contribution is 2.47. The zero-order valence-corrected chi connectivity index (χ0v) is 25.0. The Morgan fingerprint density at radius 3 is 2.45 bits per heavy atom. The van der Waals surface area contributed by atoms with Gasteiger partial charge in [0.1, 0.15) is 12.4 Å². The summed E-state index contributed by atoms with van der Waals surface area (Å²) in [6, 6.07) is 15.4. The van der Waals surface area contributed by atoms with Crippen LogP contribution in [0.2, 0.25) is 0 Å². The number of fused-ring (bicyclic) bond motifs is 3. The van der Waals surface area contributed by atoms with Crippen LogP contribution >= 0.6 is 0 Å². The SMILES string of the molecule is COC(OC)c1ccccc1CN(CC(=O)Nc1cc2c(cc1C)CC1(C2)C(=O)Nc2ncccc21)C(=O)C(C)(C)C. The van der Waals surface area contributed by atoms with Crippen LogP contribution in [0.15, 0.2) is 54.7 Å². The van der Waals surface area contributed by atoms with Crippen LogP contribution in [0.25, 0.3) is 0 Å². The number of nitrogens with one attached hydrogen (secondary N) is 2. The summed E-state index contributed by atoms with van der Waals surface area (Å²) in [7, 11) is 3.12. The Balaban J connectivity index is 1.37. The number of amides is 3. The summed E-state index contributed by atoms with van der Waals surface area (Å²) in [6.07, 6.45) is 2.20. The van der Waals surface area contributed by atoms with E-state index < -0.39 is 17.1 Å². The number of aryl methyl sites for hydroxylation is 1. The minimum absolute atomic E-state index is 0.0450. The zero-order valence-electron chi connectivity index (χ0n) is 25.0. The summed E-state index contributed by atoms with van der Waals surface area (Å²) >= 11 is 0. The predicted molar refractivity (Wildman–Crippen MR) is 160 cm³/mol. The number of nitrogens with zero attached hydrogens (tertiary/aromatic N) is 2. The van der Waals surface area contributed by atoms with E-state index in [0.717, 1.165) is 33.4 Å². The van der Waals surface area contributed by atoms with Crippen molar-refractivity contribution in [2.24, 2.45) is 5.41 Å². The number of benzene rings is 2. The van der Waals surface area contributed by atoms with Gasteiger partial charge in [-0.25, -0.2) is 4.98 Å². The van der Waals surface area contributed by atoms with Crippen molar-refractivity contribution in [2.45, 2.75) is 58.8 Å². The first-order chi connectivity index (χ1) is 20.0. The molecule has 1 aliphatic heterocycles.